The van der Waals surface area contributed by atoms with Crippen molar-refractivity contribution < 1.29 is 9.18 Å². The fraction of sp³-hybridized carbons (Fsp3) is 0.0588. The van der Waals surface area contributed by atoms with Crippen LogP contribution in [0, 0.1) is 12.7 Å². The number of aldehydes is 1. The van der Waals surface area contributed by atoms with E-state index in [0.29, 0.717) is 17.4 Å². The maximum absolute atomic E-state index is 14.2. The van der Waals surface area contributed by atoms with Gasteiger partial charge in [0.15, 0.2) is 6.29 Å². The first kappa shape index (κ1) is 14.5. The Morgan fingerprint density at radius 1 is 1.23 bits per heavy atom. The molecule has 0 aliphatic carbocycles. The molecule has 0 spiro atoms. The number of halogens is 2. The summed E-state index contributed by atoms with van der Waals surface area (Å²) in [5.74, 6) is -0.580. The number of aromatic nitrogens is 1. The molecule has 0 bridgehead atoms. The van der Waals surface area contributed by atoms with Gasteiger partial charge in [0, 0.05) is 6.20 Å². The van der Waals surface area contributed by atoms with Crippen molar-refractivity contribution in [3.05, 3.63) is 74.9 Å². The minimum atomic E-state index is -0.580. The second-order valence-corrected chi connectivity index (χ2v) is 5.40. The summed E-state index contributed by atoms with van der Waals surface area (Å²) in [4.78, 5) is 23.8. The van der Waals surface area contributed by atoms with Gasteiger partial charge in [-0.05, 0) is 42.1 Å². The third-order valence-corrected chi connectivity index (χ3v) is 3.84. The molecule has 0 amide bonds. The van der Waals surface area contributed by atoms with E-state index in [9.17, 15) is 14.0 Å². The van der Waals surface area contributed by atoms with E-state index >= 15 is 0 Å². The lowest BCUT2D eigenvalue weighted by Crippen LogP contribution is -2.20. The van der Waals surface area contributed by atoms with E-state index in [1.165, 1.54) is 16.8 Å². The van der Waals surface area contributed by atoms with E-state index in [1.54, 1.807) is 37.3 Å². The molecular weight excluding hydrogens is 305 g/mol. The molecule has 3 nitrogen and oxygen atoms in total. The number of benzene rings is 2. The van der Waals surface area contributed by atoms with Crippen molar-refractivity contribution in [3.63, 3.8) is 0 Å². The average molecular weight is 316 g/mol. The number of rotatable bonds is 2. The van der Waals surface area contributed by atoms with Crippen LogP contribution in [0.25, 0.3) is 16.5 Å². The van der Waals surface area contributed by atoms with Crippen molar-refractivity contribution in [1.82, 2.24) is 4.57 Å². The summed E-state index contributed by atoms with van der Waals surface area (Å²) in [7, 11) is 0. The maximum atomic E-state index is 14.2. The van der Waals surface area contributed by atoms with Crippen LogP contribution in [0.2, 0.25) is 5.02 Å². The van der Waals surface area contributed by atoms with Crippen molar-refractivity contribution in [2.75, 3.05) is 0 Å². The molecule has 0 saturated carbocycles. The van der Waals surface area contributed by atoms with E-state index in [1.807, 2.05) is 0 Å². The Balaban J connectivity index is 2.39. The minimum absolute atomic E-state index is 0.00933. The SMILES string of the molecule is Cc1cc(F)c2c(=O)n(-c3cccc(Cl)c3C=O)ccc2c1. The summed E-state index contributed by atoms with van der Waals surface area (Å²) in [5.41, 5.74) is 0.728. The Kier molecular flexibility index (Phi) is 3.54. The van der Waals surface area contributed by atoms with Crippen LogP contribution in [0.5, 0.6) is 0 Å². The van der Waals surface area contributed by atoms with Crippen molar-refractivity contribution >= 4 is 28.7 Å². The first-order valence-corrected chi connectivity index (χ1v) is 6.96. The van der Waals surface area contributed by atoms with E-state index in [0.717, 1.165) is 5.56 Å². The molecule has 0 unspecified atom stereocenters. The van der Waals surface area contributed by atoms with Crippen molar-refractivity contribution in [1.29, 1.82) is 0 Å². The molecule has 22 heavy (non-hydrogen) atoms. The predicted octanol–water partition coefficient (Wildman–Crippen LogP) is 3.90. The van der Waals surface area contributed by atoms with Gasteiger partial charge in [-0.15, -0.1) is 0 Å². The van der Waals surface area contributed by atoms with Gasteiger partial charge in [0.25, 0.3) is 5.56 Å². The van der Waals surface area contributed by atoms with Crippen LogP contribution in [-0.4, -0.2) is 10.9 Å². The topological polar surface area (TPSA) is 39.1 Å². The third-order valence-electron chi connectivity index (χ3n) is 3.51. The number of carbonyl (C=O) groups is 1. The van der Waals surface area contributed by atoms with Crippen LogP contribution < -0.4 is 5.56 Å². The summed E-state index contributed by atoms with van der Waals surface area (Å²) in [6.07, 6.45) is 2.10. The van der Waals surface area contributed by atoms with Gasteiger partial charge < -0.3 is 0 Å². The van der Waals surface area contributed by atoms with E-state index < -0.39 is 11.4 Å². The van der Waals surface area contributed by atoms with Crippen LogP contribution in [-0.2, 0) is 0 Å². The molecule has 1 aromatic heterocycles. The zero-order valence-corrected chi connectivity index (χ0v) is 12.4. The summed E-state index contributed by atoms with van der Waals surface area (Å²) in [6, 6.07) is 9.48. The van der Waals surface area contributed by atoms with Crippen LogP contribution in [0.15, 0.2) is 47.4 Å². The molecule has 0 radical (unpaired) electrons. The van der Waals surface area contributed by atoms with Gasteiger partial charge in [0.1, 0.15) is 5.82 Å². The van der Waals surface area contributed by atoms with Gasteiger partial charge in [0.05, 0.1) is 21.7 Å². The standard InChI is InChI=1S/C17H11ClFNO2/c1-10-7-11-5-6-20(17(22)16(11)14(19)8-10)15-4-2-3-13(18)12(15)9-21/h2-9H,1H3. The highest BCUT2D eigenvalue weighted by molar-refractivity contribution is 6.33. The summed E-state index contributed by atoms with van der Waals surface area (Å²) < 4.78 is 15.4. The second-order valence-electron chi connectivity index (χ2n) is 4.99. The minimum Gasteiger partial charge on any atom is -0.298 e. The molecule has 3 aromatic rings. The second kappa shape index (κ2) is 5.39. The quantitative estimate of drug-likeness (QED) is 0.673. The van der Waals surface area contributed by atoms with E-state index in [-0.39, 0.29) is 16.0 Å². The van der Waals surface area contributed by atoms with Crippen molar-refractivity contribution in [2.24, 2.45) is 0 Å². The van der Waals surface area contributed by atoms with Crippen molar-refractivity contribution in [2.45, 2.75) is 6.92 Å². The highest BCUT2D eigenvalue weighted by Crippen LogP contribution is 2.22. The molecule has 110 valence electrons. The molecule has 0 aliphatic rings. The Bertz CT molecular complexity index is 963. The van der Waals surface area contributed by atoms with Gasteiger partial charge in [-0.3, -0.25) is 14.2 Å². The number of aryl methyl sites for hydroxylation is 1. The first-order chi connectivity index (χ1) is 10.5. The molecule has 3 rings (SSSR count). The van der Waals surface area contributed by atoms with Crippen molar-refractivity contribution in [3.8, 4) is 5.69 Å². The van der Waals surface area contributed by atoms with Crippen LogP contribution in [0.3, 0.4) is 0 Å². The van der Waals surface area contributed by atoms with Gasteiger partial charge in [-0.25, -0.2) is 4.39 Å². The third kappa shape index (κ3) is 2.22. The van der Waals surface area contributed by atoms with Crippen LogP contribution in [0.1, 0.15) is 15.9 Å². The van der Waals surface area contributed by atoms with E-state index in [2.05, 4.69) is 0 Å². The van der Waals surface area contributed by atoms with Crippen LogP contribution in [0.4, 0.5) is 4.39 Å². The first-order valence-electron chi connectivity index (χ1n) is 6.58. The number of hydrogen-bond donors (Lipinski definition) is 0. The van der Waals surface area contributed by atoms with Gasteiger partial charge in [0.2, 0.25) is 0 Å². The molecule has 1 heterocycles. The Morgan fingerprint density at radius 3 is 2.73 bits per heavy atom. The molecule has 0 saturated heterocycles. The van der Waals surface area contributed by atoms with Crippen LogP contribution >= 0.6 is 11.6 Å². The lowest BCUT2D eigenvalue weighted by atomic mass is 10.1. The highest BCUT2D eigenvalue weighted by Gasteiger charge is 2.13. The Hall–Kier alpha value is -2.46. The van der Waals surface area contributed by atoms with Gasteiger partial charge in [-0.2, -0.15) is 0 Å². The van der Waals surface area contributed by atoms with Gasteiger partial charge >= 0.3 is 0 Å². The maximum Gasteiger partial charge on any atom is 0.265 e. The predicted molar refractivity (Wildman–Crippen MR) is 84.6 cm³/mol. The summed E-state index contributed by atoms with van der Waals surface area (Å²) >= 11 is 5.98. The number of carbonyl (C=O) groups excluding carboxylic acids is 1. The monoisotopic (exact) mass is 315 g/mol. The smallest absolute Gasteiger partial charge is 0.265 e. The fourth-order valence-electron chi connectivity index (χ4n) is 2.51. The Labute approximate surface area is 130 Å². The summed E-state index contributed by atoms with van der Waals surface area (Å²) in [5, 5.41) is 0.752. The molecule has 0 fully saturated rings. The highest BCUT2D eigenvalue weighted by atomic mass is 35.5. The number of nitrogens with zero attached hydrogens (tertiary/aromatic N) is 1. The molecule has 0 atom stereocenters. The number of pyridine rings is 1. The van der Waals surface area contributed by atoms with Gasteiger partial charge in [-0.1, -0.05) is 23.7 Å². The molecule has 5 heteroatoms. The lowest BCUT2D eigenvalue weighted by Gasteiger charge is -2.11. The number of hydrogen-bond acceptors (Lipinski definition) is 2. The molecule has 0 aliphatic heterocycles. The Morgan fingerprint density at radius 2 is 2.00 bits per heavy atom. The largest absolute Gasteiger partial charge is 0.298 e. The summed E-state index contributed by atoms with van der Waals surface area (Å²) in [6.45, 7) is 1.76. The molecule has 2 aromatic carbocycles. The normalized spacial score (nSPS) is 10.9. The number of fused-ring (bicyclic) bond motifs is 1. The zero-order chi connectivity index (χ0) is 15.9. The average Bonchev–Trinajstić information content (AvgIpc) is 2.46. The molecular formula is C17H11ClFNO2. The lowest BCUT2D eigenvalue weighted by molar-refractivity contribution is 0.112. The zero-order valence-electron chi connectivity index (χ0n) is 11.6. The fourth-order valence-corrected chi connectivity index (χ4v) is 2.73. The van der Waals surface area contributed by atoms with E-state index in [4.69, 9.17) is 11.6 Å². The molecule has 0 N–H and O–H groups in total.